The Kier molecular flexibility index (Phi) is 2.60. The van der Waals surface area contributed by atoms with Crippen LogP contribution in [-0.2, 0) is 9.47 Å². The fourth-order valence-electron chi connectivity index (χ4n) is 2.39. The van der Waals surface area contributed by atoms with E-state index < -0.39 is 17.2 Å². The maximum Gasteiger partial charge on any atom is 0.142 e. The zero-order chi connectivity index (χ0) is 10.2. The van der Waals surface area contributed by atoms with Crippen molar-refractivity contribution >= 4 is 7.85 Å². The van der Waals surface area contributed by atoms with Gasteiger partial charge in [0.2, 0.25) is 0 Å². The molecular formula is C9H15BO4. The highest BCUT2D eigenvalue weighted by atomic mass is 16.6. The van der Waals surface area contributed by atoms with Crippen LogP contribution in [0.2, 0.25) is 0 Å². The van der Waals surface area contributed by atoms with E-state index in [2.05, 4.69) is 0 Å². The zero-order valence-electron chi connectivity index (χ0n) is 8.11. The molecule has 0 saturated carbocycles. The van der Waals surface area contributed by atoms with Gasteiger partial charge in [-0.05, 0) is 19.3 Å². The molecule has 4 nitrogen and oxygen atoms in total. The van der Waals surface area contributed by atoms with Crippen LogP contribution in [0.15, 0.2) is 0 Å². The van der Waals surface area contributed by atoms with Gasteiger partial charge in [-0.2, -0.15) is 0 Å². The molecule has 2 heterocycles. The van der Waals surface area contributed by atoms with Crippen molar-refractivity contribution in [3.05, 3.63) is 0 Å². The van der Waals surface area contributed by atoms with Crippen molar-refractivity contribution in [2.75, 3.05) is 19.8 Å². The topological polar surface area (TPSA) is 58.9 Å². The van der Waals surface area contributed by atoms with Gasteiger partial charge in [0.25, 0.3) is 0 Å². The van der Waals surface area contributed by atoms with Gasteiger partial charge in [0.15, 0.2) is 0 Å². The number of aliphatic hydroxyl groups is 2. The van der Waals surface area contributed by atoms with Crippen LogP contribution in [0, 0.1) is 0 Å². The number of hydrogen-bond acceptors (Lipinski definition) is 4. The molecule has 1 unspecified atom stereocenters. The first-order valence-electron chi connectivity index (χ1n) is 4.96. The summed E-state index contributed by atoms with van der Waals surface area (Å²) in [7, 11) is 5.64. The van der Waals surface area contributed by atoms with Crippen molar-refractivity contribution < 1.29 is 19.7 Å². The van der Waals surface area contributed by atoms with Crippen LogP contribution in [0.3, 0.4) is 0 Å². The summed E-state index contributed by atoms with van der Waals surface area (Å²) >= 11 is 0. The van der Waals surface area contributed by atoms with E-state index in [1.165, 1.54) is 0 Å². The van der Waals surface area contributed by atoms with Crippen molar-refractivity contribution in [3.63, 3.8) is 0 Å². The third-order valence-electron chi connectivity index (χ3n) is 3.23. The highest BCUT2D eigenvalue weighted by molar-refractivity contribution is 6.11. The Labute approximate surface area is 84.6 Å². The largest absolute Gasteiger partial charge is 0.393 e. The third-order valence-corrected chi connectivity index (χ3v) is 3.23. The summed E-state index contributed by atoms with van der Waals surface area (Å²) in [6, 6.07) is -0.506. The fraction of sp³-hybridized carbons (Fsp3) is 1.00. The second kappa shape index (κ2) is 3.49. The predicted octanol–water partition coefficient (Wildman–Crippen LogP) is -0.826. The van der Waals surface area contributed by atoms with E-state index in [0.717, 1.165) is 6.42 Å². The highest BCUT2D eigenvalue weighted by Crippen LogP contribution is 2.43. The molecule has 2 aliphatic heterocycles. The van der Waals surface area contributed by atoms with Gasteiger partial charge < -0.3 is 19.7 Å². The maximum atomic E-state index is 10.4. The van der Waals surface area contributed by atoms with Crippen LogP contribution in [0.4, 0.5) is 0 Å². The molecule has 0 aromatic rings. The van der Waals surface area contributed by atoms with Gasteiger partial charge in [0.1, 0.15) is 13.4 Å². The SMILES string of the molecule is [B][C@H]1C[C@@]2(O)CCCOCC2(CO)O1. The molecule has 0 aromatic carbocycles. The zero-order valence-corrected chi connectivity index (χ0v) is 8.11. The summed E-state index contributed by atoms with van der Waals surface area (Å²) in [6.07, 6.45) is 1.71. The minimum absolute atomic E-state index is 0.216. The molecule has 3 atom stereocenters. The lowest BCUT2D eigenvalue weighted by molar-refractivity contribution is -0.168. The molecular weight excluding hydrogens is 183 g/mol. The Hall–Kier alpha value is -0.0951. The summed E-state index contributed by atoms with van der Waals surface area (Å²) in [6.45, 7) is 0.563. The second-order valence-electron chi connectivity index (χ2n) is 4.20. The van der Waals surface area contributed by atoms with Gasteiger partial charge in [-0.3, -0.25) is 0 Å². The molecule has 0 aliphatic carbocycles. The molecule has 2 radical (unpaired) electrons. The van der Waals surface area contributed by atoms with E-state index in [-0.39, 0.29) is 13.2 Å². The first-order chi connectivity index (χ1) is 6.62. The van der Waals surface area contributed by atoms with Gasteiger partial charge in [-0.25, -0.2) is 0 Å². The average molecular weight is 198 g/mol. The second-order valence-corrected chi connectivity index (χ2v) is 4.20. The first-order valence-corrected chi connectivity index (χ1v) is 4.96. The summed E-state index contributed by atoms with van der Waals surface area (Å²) in [4.78, 5) is 0. The van der Waals surface area contributed by atoms with E-state index in [4.69, 9.17) is 17.3 Å². The number of hydrogen-bond donors (Lipinski definition) is 2. The Morgan fingerprint density at radius 1 is 1.50 bits per heavy atom. The van der Waals surface area contributed by atoms with Crippen LogP contribution in [0.5, 0.6) is 0 Å². The molecule has 5 heteroatoms. The number of ether oxygens (including phenoxy) is 2. The number of aliphatic hydroxyl groups excluding tert-OH is 1. The highest BCUT2D eigenvalue weighted by Gasteiger charge is 2.58. The lowest BCUT2D eigenvalue weighted by Crippen LogP contribution is -2.55. The lowest BCUT2D eigenvalue weighted by Gasteiger charge is -2.37. The van der Waals surface area contributed by atoms with Crippen molar-refractivity contribution in [2.45, 2.75) is 36.5 Å². The van der Waals surface area contributed by atoms with Crippen LogP contribution < -0.4 is 0 Å². The van der Waals surface area contributed by atoms with Crippen LogP contribution >= 0.6 is 0 Å². The normalized spacial score (nSPS) is 48.6. The Balaban J connectivity index is 2.27. The molecule has 2 rings (SSSR count). The van der Waals surface area contributed by atoms with Crippen molar-refractivity contribution in [2.24, 2.45) is 0 Å². The average Bonchev–Trinajstić information content (AvgIpc) is 2.27. The van der Waals surface area contributed by atoms with E-state index in [9.17, 15) is 10.2 Å². The van der Waals surface area contributed by atoms with E-state index in [1.54, 1.807) is 0 Å². The Morgan fingerprint density at radius 3 is 3.00 bits per heavy atom. The molecule has 2 fully saturated rings. The third kappa shape index (κ3) is 1.39. The molecule has 2 N–H and O–H groups in total. The fourth-order valence-corrected chi connectivity index (χ4v) is 2.39. The van der Waals surface area contributed by atoms with E-state index in [1.807, 2.05) is 0 Å². The molecule has 0 amide bonds. The monoisotopic (exact) mass is 198 g/mol. The molecule has 78 valence electrons. The van der Waals surface area contributed by atoms with Gasteiger partial charge in [0.05, 0.1) is 18.8 Å². The molecule has 2 aliphatic rings. The van der Waals surface area contributed by atoms with E-state index in [0.29, 0.717) is 19.4 Å². The van der Waals surface area contributed by atoms with Gasteiger partial charge >= 0.3 is 0 Å². The predicted molar refractivity (Wildman–Crippen MR) is 50.1 cm³/mol. The standard InChI is InChI=1S/C9H15BO4/c10-7-4-8(12)2-1-3-13-6-9(8,5-11)14-7/h7,11-12H,1-6H2/t7-,8+,9?/m1/s1. The minimum Gasteiger partial charge on any atom is -0.393 e. The summed E-state index contributed by atoms with van der Waals surface area (Å²) in [5.41, 5.74) is -2.04. The van der Waals surface area contributed by atoms with E-state index >= 15 is 0 Å². The Morgan fingerprint density at radius 2 is 2.29 bits per heavy atom. The van der Waals surface area contributed by atoms with Crippen molar-refractivity contribution in [3.8, 4) is 0 Å². The number of rotatable bonds is 1. The molecule has 2 saturated heterocycles. The quantitative estimate of drug-likeness (QED) is 0.540. The smallest absolute Gasteiger partial charge is 0.142 e. The van der Waals surface area contributed by atoms with Crippen molar-refractivity contribution in [1.29, 1.82) is 0 Å². The van der Waals surface area contributed by atoms with Gasteiger partial charge in [-0.1, -0.05) is 0 Å². The van der Waals surface area contributed by atoms with Crippen LogP contribution in [-0.4, -0.2) is 55.1 Å². The molecule has 0 spiro atoms. The molecule has 14 heavy (non-hydrogen) atoms. The van der Waals surface area contributed by atoms with Crippen LogP contribution in [0.1, 0.15) is 19.3 Å². The van der Waals surface area contributed by atoms with Crippen molar-refractivity contribution in [1.82, 2.24) is 0 Å². The summed E-state index contributed by atoms with van der Waals surface area (Å²) < 4.78 is 10.8. The summed E-state index contributed by atoms with van der Waals surface area (Å²) in [5.74, 6) is 0. The summed E-state index contributed by atoms with van der Waals surface area (Å²) in [5, 5.41) is 19.7. The Bertz CT molecular complexity index is 225. The maximum absolute atomic E-state index is 10.4. The minimum atomic E-state index is -1.03. The first kappa shape index (κ1) is 10.4. The lowest BCUT2D eigenvalue weighted by atomic mass is 9.78. The number of fused-ring (bicyclic) bond motifs is 1. The van der Waals surface area contributed by atoms with Gasteiger partial charge in [-0.15, -0.1) is 0 Å². The van der Waals surface area contributed by atoms with Crippen LogP contribution in [0.25, 0.3) is 0 Å². The molecule has 0 aromatic heterocycles. The molecule has 0 bridgehead atoms. The van der Waals surface area contributed by atoms with Gasteiger partial charge in [0, 0.05) is 12.6 Å².